The average molecular weight is 261 g/mol. The predicted octanol–water partition coefficient (Wildman–Crippen LogP) is 3.56. The molecule has 0 radical (unpaired) electrons. The second-order valence-corrected chi connectivity index (χ2v) is 6.99. The molecule has 2 fully saturated rings. The minimum Gasteiger partial charge on any atom is -0.360 e. The number of hydrogen-bond acceptors (Lipinski definition) is 2. The van der Waals surface area contributed by atoms with E-state index in [0.29, 0.717) is 31.4 Å². The molecule has 4 heteroatoms. The lowest BCUT2D eigenvalue weighted by molar-refractivity contribution is -0.204. The lowest BCUT2D eigenvalue weighted by Gasteiger charge is -2.53. The molecule has 0 amide bonds. The third-order valence-corrected chi connectivity index (χ3v) is 4.44. The van der Waals surface area contributed by atoms with Crippen LogP contribution in [0.25, 0.3) is 0 Å². The summed E-state index contributed by atoms with van der Waals surface area (Å²) in [6.45, 7) is 9.35. The predicted molar refractivity (Wildman–Crippen MR) is 67.6 cm³/mol. The number of rotatable bonds is 1. The zero-order chi connectivity index (χ0) is 13.6. The minimum absolute atomic E-state index is 0.0549. The van der Waals surface area contributed by atoms with Crippen LogP contribution in [0.2, 0.25) is 0 Å². The topological polar surface area (TPSA) is 21.3 Å². The van der Waals surface area contributed by atoms with Crippen LogP contribution in [0.1, 0.15) is 53.4 Å². The first-order chi connectivity index (χ1) is 8.16. The lowest BCUT2D eigenvalue weighted by Crippen LogP contribution is -2.66. The third kappa shape index (κ3) is 2.69. The normalized spacial score (nSPS) is 33.8. The van der Waals surface area contributed by atoms with E-state index in [1.807, 2.05) is 0 Å². The molecule has 2 rings (SSSR count). The van der Waals surface area contributed by atoms with Crippen LogP contribution in [0.5, 0.6) is 0 Å². The summed E-state index contributed by atoms with van der Waals surface area (Å²) < 4.78 is 32.5. The molecule has 0 aromatic rings. The van der Waals surface area contributed by atoms with Crippen LogP contribution in [0.15, 0.2) is 0 Å². The quantitative estimate of drug-likeness (QED) is 0.779. The van der Waals surface area contributed by atoms with Crippen LogP contribution in [-0.4, -0.2) is 24.3 Å². The van der Waals surface area contributed by atoms with E-state index in [0.717, 1.165) is 0 Å². The molecule has 0 aromatic carbocycles. The second kappa shape index (κ2) is 4.41. The van der Waals surface area contributed by atoms with E-state index in [2.05, 4.69) is 33.0 Å². The third-order valence-electron chi connectivity index (χ3n) is 4.44. The summed E-state index contributed by atoms with van der Waals surface area (Å²) in [6.07, 6.45) is 0.703. The Morgan fingerprint density at radius 3 is 2.17 bits per heavy atom. The van der Waals surface area contributed by atoms with Gasteiger partial charge in [-0.2, -0.15) is 0 Å². The zero-order valence-corrected chi connectivity index (χ0v) is 11.9. The van der Waals surface area contributed by atoms with Crippen molar-refractivity contribution in [1.29, 1.82) is 0 Å². The number of nitrogens with one attached hydrogen (secondary N) is 1. The standard InChI is InChI=1S/C14H25F2NO/c1-10(2)11-12(3,4)9-18-14(17-11)7-5-13(15,16)6-8-14/h10-11,17H,5-9H2,1-4H3. The maximum absolute atomic E-state index is 13.3. The van der Waals surface area contributed by atoms with Gasteiger partial charge in [-0.25, -0.2) is 8.78 Å². The van der Waals surface area contributed by atoms with E-state index in [1.54, 1.807) is 0 Å². The molecule has 0 bridgehead atoms. The van der Waals surface area contributed by atoms with Gasteiger partial charge in [-0.3, -0.25) is 5.32 Å². The molecule has 1 aliphatic carbocycles. The maximum Gasteiger partial charge on any atom is 0.248 e. The SMILES string of the molecule is CC(C)C1NC2(CCC(F)(F)CC2)OCC1(C)C. The van der Waals surface area contributed by atoms with E-state index < -0.39 is 11.6 Å². The second-order valence-electron chi connectivity index (χ2n) is 6.99. The van der Waals surface area contributed by atoms with Crippen LogP contribution in [-0.2, 0) is 4.74 Å². The maximum atomic E-state index is 13.3. The molecule has 1 saturated heterocycles. The van der Waals surface area contributed by atoms with Crippen molar-refractivity contribution in [2.45, 2.75) is 71.1 Å². The van der Waals surface area contributed by atoms with Gasteiger partial charge in [0.1, 0.15) is 5.72 Å². The van der Waals surface area contributed by atoms with E-state index in [1.165, 1.54) is 0 Å². The van der Waals surface area contributed by atoms with Crippen molar-refractivity contribution in [3.8, 4) is 0 Å². The molecular formula is C14H25F2NO. The summed E-state index contributed by atoms with van der Waals surface area (Å²) in [4.78, 5) is 0. The summed E-state index contributed by atoms with van der Waals surface area (Å²) in [7, 11) is 0. The van der Waals surface area contributed by atoms with Gasteiger partial charge in [0, 0.05) is 24.3 Å². The van der Waals surface area contributed by atoms with Gasteiger partial charge in [0.15, 0.2) is 0 Å². The minimum atomic E-state index is -2.50. The smallest absolute Gasteiger partial charge is 0.248 e. The summed E-state index contributed by atoms with van der Waals surface area (Å²) in [5, 5.41) is 3.54. The van der Waals surface area contributed by atoms with Crippen molar-refractivity contribution >= 4 is 0 Å². The molecule has 2 aliphatic rings. The lowest BCUT2D eigenvalue weighted by atomic mass is 9.75. The van der Waals surface area contributed by atoms with Crippen LogP contribution in [0.3, 0.4) is 0 Å². The summed E-state index contributed by atoms with van der Waals surface area (Å²) in [5.74, 6) is -2.03. The van der Waals surface area contributed by atoms with Gasteiger partial charge in [0.2, 0.25) is 5.92 Å². The van der Waals surface area contributed by atoms with Gasteiger partial charge < -0.3 is 4.74 Å². The largest absolute Gasteiger partial charge is 0.360 e. The molecule has 0 aromatic heterocycles. The first kappa shape index (κ1) is 14.2. The van der Waals surface area contributed by atoms with Gasteiger partial charge in [-0.1, -0.05) is 27.7 Å². The Morgan fingerprint density at radius 1 is 1.11 bits per heavy atom. The van der Waals surface area contributed by atoms with Gasteiger partial charge >= 0.3 is 0 Å². The highest BCUT2D eigenvalue weighted by molar-refractivity contribution is 4.99. The Balaban J connectivity index is 2.09. The molecular weight excluding hydrogens is 236 g/mol. The van der Waals surface area contributed by atoms with E-state index >= 15 is 0 Å². The van der Waals surface area contributed by atoms with Gasteiger partial charge in [-0.05, 0) is 18.8 Å². The molecule has 1 spiro atoms. The molecule has 18 heavy (non-hydrogen) atoms. The Labute approximate surface area is 108 Å². The fourth-order valence-corrected chi connectivity index (χ4v) is 3.31. The van der Waals surface area contributed by atoms with E-state index in [-0.39, 0.29) is 18.3 Å². The Bertz CT molecular complexity index is 299. The molecule has 1 aliphatic heterocycles. The average Bonchev–Trinajstić information content (AvgIpc) is 2.26. The van der Waals surface area contributed by atoms with E-state index in [4.69, 9.17) is 4.74 Å². The van der Waals surface area contributed by atoms with Gasteiger partial charge in [-0.15, -0.1) is 0 Å². The Hall–Kier alpha value is -0.220. The van der Waals surface area contributed by atoms with Crippen molar-refractivity contribution in [2.75, 3.05) is 6.61 Å². The summed E-state index contributed by atoms with van der Waals surface area (Å²) in [6, 6.07) is 0.318. The zero-order valence-electron chi connectivity index (χ0n) is 11.9. The number of alkyl halides is 2. The highest BCUT2D eigenvalue weighted by atomic mass is 19.3. The van der Waals surface area contributed by atoms with Crippen LogP contribution in [0.4, 0.5) is 8.78 Å². The van der Waals surface area contributed by atoms with Crippen LogP contribution < -0.4 is 5.32 Å². The molecule has 106 valence electrons. The van der Waals surface area contributed by atoms with Crippen molar-refractivity contribution in [2.24, 2.45) is 11.3 Å². The van der Waals surface area contributed by atoms with Crippen molar-refractivity contribution in [3.63, 3.8) is 0 Å². The molecule has 1 saturated carbocycles. The summed E-state index contributed by atoms with van der Waals surface area (Å²) in [5.41, 5.74) is -0.453. The Morgan fingerprint density at radius 2 is 1.67 bits per heavy atom. The summed E-state index contributed by atoms with van der Waals surface area (Å²) >= 11 is 0. The monoisotopic (exact) mass is 261 g/mol. The number of halogens is 2. The van der Waals surface area contributed by atoms with Crippen molar-refractivity contribution in [1.82, 2.24) is 5.32 Å². The van der Waals surface area contributed by atoms with E-state index in [9.17, 15) is 8.78 Å². The number of hydrogen-bond donors (Lipinski definition) is 1. The van der Waals surface area contributed by atoms with Crippen LogP contribution >= 0.6 is 0 Å². The molecule has 2 nitrogen and oxygen atoms in total. The Kier molecular flexibility index (Phi) is 3.48. The highest BCUT2D eigenvalue weighted by Crippen LogP contribution is 2.44. The molecule has 1 atom stereocenters. The number of ether oxygens (including phenoxy) is 1. The molecule has 1 heterocycles. The highest BCUT2D eigenvalue weighted by Gasteiger charge is 2.50. The molecule has 1 N–H and O–H groups in total. The van der Waals surface area contributed by atoms with Gasteiger partial charge in [0.25, 0.3) is 0 Å². The first-order valence-corrected chi connectivity index (χ1v) is 6.95. The first-order valence-electron chi connectivity index (χ1n) is 6.95. The van der Waals surface area contributed by atoms with Crippen molar-refractivity contribution in [3.05, 3.63) is 0 Å². The van der Waals surface area contributed by atoms with Crippen molar-refractivity contribution < 1.29 is 13.5 Å². The van der Waals surface area contributed by atoms with Crippen LogP contribution in [0, 0.1) is 11.3 Å². The molecule has 1 unspecified atom stereocenters. The van der Waals surface area contributed by atoms with Gasteiger partial charge in [0.05, 0.1) is 6.61 Å². The fourth-order valence-electron chi connectivity index (χ4n) is 3.31. The fraction of sp³-hybridized carbons (Fsp3) is 1.00.